The van der Waals surface area contributed by atoms with Gasteiger partial charge in [-0.25, -0.2) is 9.78 Å². The third kappa shape index (κ3) is 6.92. The van der Waals surface area contributed by atoms with Gasteiger partial charge in [-0.05, 0) is 19.4 Å². The Hall–Kier alpha value is -2.29. The van der Waals surface area contributed by atoms with Crippen LogP contribution in [0.2, 0.25) is 5.02 Å². The molecule has 160 valence electrons. The predicted octanol–water partition coefficient (Wildman–Crippen LogP) is 5.97. The largest absolute Gasteiger partial charge is 0.417 e. The summed E-state index contributed by atoms with van der Waals surface area (Å²) in [5, 5.41) is 6.49. The molecule has 0 bridgehead atoms. The number of unbranched alkanes of at least 4 members (excludes halogenated alkanes) is 5. The number of aromatic nitrogens is 3. The smallest absolute Gasteiger partial charge is 0.417 e. The van der Waals surface area contributed by atoms with E-state index in [1.807, 2.05) is 0 Å². The fraction of sp³-hybridized carbons (Fsp3) is 0.526. The maximum atomic E-state index is 12.7. The molecule has 2 heterocycles. The molecule has 1 N–H and O–H groups in total. The van der Waals surface area contributed by atoms with Crippen LogP contribution in [0.15, 0.2) is 18.3 Å². The standard InChI is InChI=1S/C19H24ClF3N4O2/c1-3-4-5-6-7-8-9-24-18(28)27-13(2)10-16(26-27)29-17-15(20)11-14(12-25-17)19(21,22)23/h10-12H,3-9H2,1-2H3,(H,24,28). The highest BCUT2D eigenvalue weighted by molar-refractivity contribution is 6.31. The Morgan fingerprint density at radius 3 is 2.55 bits per heavy atom. The van der Waals surface area contributed by atoms with Crippen molar-refractivity contribution in [1.82, 2.24) is 20.1 Å². The number of nitrogens with zero attached hydrogens (tertiary/aromatic N) is 3. The number of nitrogens with one attached hydrogen (secondary N) is 1. The summed E-state index contributed by atoms with van der Waals surface area (Å²) in [4.78, 5) is 15.8. The number of carbonyl (C=O) groups is 1. The van der Waals surface area contributed by atoms with Gasteiger partial charge in [-0.15, -0.1) is 5.10 Å². The van der Waals surface area contributed by atoms with Gasteiger partial charge in [-0.1, -0.05) is 50.6 Å². The zero-order chi connectivity index (χ0) is 21.4. The van der Waals surface area contributed by atoms with Crippen molar-refractivity contribution in [1.29, 1.82) is 0 Å². The Bertz CT molecular complexity index is 824. The number of amides is 1. The average molecular weight is 433 g/mol. The Morgan fingerprint density at radius 1 is 1.21 bits per heavy atom. The van der Waals surface area contributed by atoms with Crippen LogP contribution in [0.5, 0.6) is 11.8 Å². The molecule has 0 aromatic carbocycles. The molecule has 0 radical (unpaired) electrons. The minimum absolute atomic E-state index is 0.00590. The van der Waals surface area contributed by atoms with Crippen molar-refractivity contribution in [2.45, 2.75) is 58.5 Å². The molecule has 0 atom stereocenters. The van der Waals surface area contributed by atoms with Crippen LogP contribution < -0.4 is 10.1 Å². The molecule has 10 heteroatoms. The molecule has 1 amide bonds. The van der Waals surface area contributed by atoms with Crippen molar-refractivity contribution in [2.24, 2.45) is 0 Å². The molecule has 2 rings (SSSR count). The van der Waals surface area contributed by atoms with E-state index in [1.165, 1.54) is 25.3 Å². The first kappa shape index (κ1) is 23.0. The molecule has 0 aliphatic rings. The molecular weight excluding hydrogens is 409 g/mol. The van der Waals surface area contributed by atoms with Gasteiger partial charge in [0.25, 0.3) is 0 Å². The second-order valence-electron chi connectivity index (χ2n) is 6.65. The fourth-order valence-corrected chi connectivity index (χ4v) is 2.84. The lowest BCUT2D eigenvalue weighted by molar-refractivity contribution is -0.137. The van der Waals surface area contributed by atoms with Gasteiger partial charge in [0, 0.05) is 18.8 Å². The molecule has 0 unspecified atom stereocenters. The van der Waals surface area contributed by atoms with Crippen LogP contribution in [-0.2, 0) is 6.18 Å². The number of rotatable bonds is 9. The molecule has 0 saturated heterocycles. The number of halogens is 4. The van der Waals surface area contributed by atoms with E-state index in [4.69, 9.17) is 16.3 Å². The first-order valence-electron chi connectivity index (χ1n) is 9.47. The lowest BCUT2D eigenvalue weighted by Gasteiger charge is -2.08. The van der Waals surface area contributed by atoms with E-state index < -0.39 is 17.8 Å². The van der Waals surface area contributed by atoms with Crippen LogP contribution >= 0.6 is 11.6 Å². The maximum absolute atomic E-state index is 12.7. The highest BCUT2D eigenvalue weighted by Crippen LogP contribution is 2.34. The average Bonchev–Trinajstić information content (AvgIpc) is 3.02. The third-order valence-corrected chi connectivity index (χ3v) is 4.47. The SMILES string of the molecule is CCCCCCCCNC(=O)n1nc(Oc2ncc(C(F)(F)F)cc2Cl)cc1C. The second-order valence-corrected chi connectivity index (χ2v) is 7.05. The number of carbonyl (C=O) groups excluding carboxylic acids is 1. The van der Waals surface area contributed by atoms with E-state index >= 15 is 0 Å². The molecule has 0 fully saturated rings. The number of aryl methyl sites for hydroxylation is 1. The van der Waals surface area contributed by atoms with E-state index in [-0.39, 0.29) is 16.8 Å². The normalized spacial score (nSPS) is 11.5. The summed E-state index contributed by atoms with van der Waals surface area (Å²) >= 11 is 5.82. The molecular formula is C19H24ClF3N4O2. The lowest BCUT2D eigenvalue weighted by atomic mass is 10.1. The summed E-state index contributed by atoms with van der Waals surface area (Å²) in [6.45, 7) is 4.35. The van der Waals surface area contributed by atoms with Gasteiger partial charge >= 0.3 is 12.2 Å². The minimum Gasteiger partial charge on any atom is -0.417 e. The first-order valence-corrected chi connectivity index (χ1v) is 9.85. The Morgan fingerprint density at radius 2 is 1.90 bits per heavy atom. The first-order chi connectivity index (χ1) is 13.7. The molecule has 2 aromatic rings. The van der Waals surface area contributed by atoms with E-state index in [1.54, 1.807) is 6.92 Å². The van der Waals surface area contributed by atoms with Gasteiger partial charge in [-0.2, -0.15) is 17.9 Å². The van der Waals surface area contributed by atoms with Crippen LogP contribution in [-0.4, -0.2) is 27.3 Å². The van der Waals surface area contributed by atoms with Crippen molar-refractivity contribution in [3.05, 3.63) is 34.6 Å². The molecule has 29 heavy (non-hydrogen) atoms. The van der Waals surface area contributed by atoms with Gasteiger partial charge in [-0.3, -0.25) is 0 Å². The van der Waals surface area contributed by atoms with Crippen molar-refractivity contribution < 1.29 is 22.7 Å². The third-order valence-electron chi connectivity index (χ3n) is 4.20. The summed E-state index contributed by atoms with van der Waals surface area (Å²) < 4.78 is 44.5. The van der Waals surface area contributed by atoms with E-state index in [9.17, 15) is 18.0 Å². The zero-order valence-corrected chi connectivity index (χ0v) is 17.1. The number of hydrogen-bond donors (Lipinski definition) is 1. The Balaban J connectivity index is 1.92. The van der Waals surface area contributed by atoms with Crippen LogP contribution in [0.4, 0.5) is 18.0 Å². The highest BCUT2D eigenvalue weighted by atomic mass is 35.5. The quantitative estimate of drug-likeness (QED) is 0.495. The summed E-state index contributed by atoms with van der Waals surface area (Å²) in [5.74, 6) is -0.219. The van der Waals surface area contributed by atoms with Crippen molar-refractivity contribution in [3.8, 4) is 11.8 Å². The molecule has 0 spiro atoms. The van der Waals surface area contributed by atoms with Crippen LogP contribution in [0.3, 0.4) is 0 Å². The zero-order valence-electron chi connectivity index (χ0n) is 16.4. The topological polar surface area (TPSA) is 69.0 Å². The number of ether oxygens (including phenoxy) is 1. The van der Waals surface area contributed by atoms with Crippen LogP contribution in [0.1, 0.15) is 56.7 Å². The van der Waals surface area contributed by atoms with Crippen LogP contribution in [0.25, 0.3) is 0 Å². The molecule has 0 aliphatic heterocycles. The summed E-state index contributed by atoms with van der Waals surface area (Å²) in [7, 11) is 0. The number of pyridine rings is 1. The van der Waals surface area contributed by atoms with Crippen molar-refractivity contribution >= 4 is 17.6 Å². The number of hydrogen-bond acceptors (Lipinski definition) is 4. The Kier molecular flexibility index (Phi) is 8.31. The van der Waals surface area contributed by atoms with E-state index in [0.29, 0.717) is 18.4 Å². The molecule has 0 aliphatic carbocycles. The van der Waals surface area contributed by atoms with Gasteiger partial charge in [0.1, 0.15) is 5.02 Å². The number of alkyl halides is 3. The summed E-state index contributed by atoms with van der Waals surface area (Å²) in [5.41, 5.74) is -0.478. The van der Waals surface area contributed by atoms with E-state index in [0.717, 1.165) is 30.0 Å². The van der Waals surface area contributed by atoms with Crippen LogP contribution in [0, 0.1) is 6.92 Å². The van der Waals surface area contributed by atoms with Crippen molar-refractivity contribution in [2.75, 3.05) is 6.54 Å². The second kappa shape index (κ2) is 10.5. The van der Waals surface area contributed by atoms with Gasteiger partial charge in [0.2, 0.25) is 11.8 Å². The maximum Gasteiger partial charge on any atom is 0.417 e. The summed E-state index contributed by atoms with van der Waals surface area (Å²) in [6, 6.07) is 1.79. The van der Waals surface area contributed by atoms with Gasteiger partial charge in [0.15, 0.2) is 0 Å². The molecule has 0 saturated carbocycles. The summed E-state index contributed by atoms with van der Waals surface area (Å²) in [6.07, 6.45) is 2.74. The molecule has 2 aromatic heterocycles. The van der Waals surface area contributed by atoms with E-state index in [2.05, 4.69) is 22.3 Å². The highest BCUT2D eigenvalue weighted by Gasteiger charge is 2.32. The fourth-order valence-electron chi connectivity index (χ4n) is 2.63. The van der Waals surface area contributed by atoms with Gasteiger partial charge in [0.05, 0.1) is 11.3 Å². The predicted molar refractivity (Wildman–Crippen MR) is 103 cm³/mol. The Labute approximate surface area is 172 Å². The van der Waals surface area contributed by atoms with Crippen molar-refractivity contribution in [3.63, 3.8) is 0 Å². The molecule has 6 nitrogen and oxygen atoms in total. The minimum atomic E-state index is -4.55. The lowest BCUT2D eigenvalue weighted by Crippen LogP contribution is -2.30. The van der Waals surface area contributed by atoms with Gasteiger partial charge < -0.3 is 10.1 Å². The monoisotopic (exact) mass is 432 g/mol.